The van der Waals surface area contributed by atoms with Crippen LogP contribution in [0.5, 0.6) is 0 Å². The summed E-state index contributed by atoms with van der Waals surface area (Å²) in [5.74, 6) is -1.64. The summed E-state index contributed by atoms with van der Waals surface area (Å²) in [7, 11) is 0. The van der Waals surface area contributed by atoms with E-state index in [2.05, 4.69) is 5.32 Å². The molecule has 0 spiro atoms. The van der Waals surface area contributed by atoms with E-state index in [0.717, 1.165) is 0 Å². The summed E-state index contributed by atoms with van der Waals surface area (Å²) in [6.45, 7) is 4.57. The van der Waals surface area contributed by atoms with Crippen LogP contribution < -0.4 is 11.1 Å². The number of hydrogen-bond donors (Lipinski definition) is 3. The lowest BCUT2D eigenvalue weighted by Gasteiger charge is -2.32. The van der Waals surface area contributed by atoms with E-state index in [4.69, 9.17) is 10.8 Å². The van der Waals surface area contributed by atoms with Crippen molar-refractivity contribution in [1.82, 2.24) is 10.2 Å². The van der Waals surface area contributed by atoms with Crippen LogP contribution in [0.1, 0.15) is 33.1 Å². The largest absolute Gasteiger partial charge is 0.480 e. The van der Waals surface area contributed by atoms with E-state index >= 15 is 0 Å². The molecular weight excluding hydrogens is 262 g/mol. The fraction of sp³-hybridized carbons (Fsp3) is 0.769. The van der Waals surface area contributed by atoms with Crippen LogP contribution in [-0.2, 0) is 9.59 Å². The lowest BCUT2D eigenvalue weighted by molar-refractivity contribution is -0.139. The van der Waals surface area contributed by atoms with Crippen LogP contribution in [0.25, 0.3) is 0 Å². The third-order valence-electron chi connectivity index (χ3n) is 3.41. The molecule has 7 nitrogen and oxygen atoms in total. The highest BCUT2D eigenvalue weighted by atomic mass is 16.4. The number of hydrogen-bond acceptors (Lipinski definition) is 3. The first kappa shape index (κ1) is 16.3. The topological polar surface area (TPSA) is 113 Å². The van der Waals surface area contributed by atoms with Crippen molar-refractivity contribution in [2.45, 2.75) is 39.2 Å². The third-order valence-corrected chi connectivity index (χ3v) is 3.41. The number of carbonyl (C=O) groups is 3. The second kappa shape index (κ2) is 7.12. The van der Waals surface area contributed by atoms with Crippen LogP contribution in [0.3, 0.4) is 0 Å². The molecule has 0 aromatic carbocycles. The average molecular weight is 285 g/mol. The molecule has 7 heteroatoms. The zero-order chi connectivity index (χ0) is 15.3. The lowest BCUT2D eigenvalue weighted by Crippen LogP contribution is -2.52. The number of primary amides is 1. The molecule has 0 saturated carbocycles. The number of carboxylic acid groups (broad SMARTS) is 1. The number of carboxylic acids is 1. The van der Waals surface area contributed by atoms with Crippen molar-refractivity contribution < 1.29 is 19.5 Å². The van der Waals surface area contributed by atoms with Crippen LogP contribution >= 0.6 is 0 Å². The number of nitrogens with two attached hydrogens (primary N) is 1. The van der Waals surface area contributed by atoms with Gasteiger partial charge in [-0.1, -0.05) is 13.8 Å². The van der Waals surface area contributed by atoms with Gasteiger partial charge in [0.1, 0.15) is 6.04 Å². The zero-order valence-electron chi connectivity index (χ0n) is 12.0. The summed E-state index contributed by atoms with van der Waals surface area (Å²) in [4.78, 5) is 35.8. The predicted octanol–water partition coefficient (Wildman–Crippen LogP) is 0.393. The molecule has 4 N–H and O–H groups in total. The van der Waals surface area contributed by atoms with Crippen molar-refractivity contribution >= 4 is 17.9 Å². The van der Waals surface area contributed by atoms with Crippen molar-refractivity contribution in [1.29, 1.82) is 0 Å². The summed E-state index contributed by atoms with van der Waals surface area (Å²) in [5, 5.41) is 11.6. The van der Waals surface area contributed by atoms with E-state index in [1.54, 1.807) is 0 Å². The molecule has 1 heterocycles. The normalized spacial score (nSPS) is 20.6. The lowest BCUT2D eigenvalue weighted by atomic mass is 9.98. The maximum Gasteiger partial charge on any atom is 0.326 e. The van der Waals surface area contributed by atoms with Crippen LogP contribution in [-0.4, -0.2) is 47.0 Å². The number of likely N-dealkylation sites (tertiary alicyclic amines) is 1. The Bertz CT molecular complexity index is 384. The molecule has 1 rings (SSSR count). The molecule has 0 bridgehead atoms. The first-order valence-electron chi connectivity index (χ1n) is 6.88. The molecule has 0 aliphatic carbocycles. The van der Waals surface area contributed by atoms with E-state index < -0.39 is 23.9 Å². The first-order chi connectivity index (χ1) is 9.31. The molecule has 0 aromatic rings. The Balaban J connectivity index is 2.59. The van der Waals surface area contributed by atoms with E-state index in [9.17, 15) is 14.4 Å². The number of nitrogens with one attached hydrogen (secondary N) is 1. The number of piperidine rings is 1. The highest BCUT2D eigenvalue weighted by Crippen LogP contribution is 2.16. The first-order valence-corrected chi connectivity index (χ1v) is 6.88. The number of carbonyl (C=O) groups excluding carboxylic acids is 2. The highest BCUT2D eigenvalue weighted by Gasteiger charge is 2.29. The molecule has 2 atom stereocenters. The van der Waals surface area contributed by atoms with Crippen molar-refractivity contribution in [3.8, 4) is 0 Å². The summed E-state index contributed by atoms with van der Waals surface area (Å²) >= 11 is 0. The average Bonchev–Trinajstić information content (AvgIpc) is 2.37. The van der Waals surface area contributed by atoms with Crippen LogP contribution in [0, 0.1) is 11.8 Å². The molecule has 0 radical (unpaired) electrons. The number of aliphatic carboxylic acids is 1. The molecule has 1 saturated heterocycles. The number of rotatable bonds is 5. The SMILES string of the molecule is CC(C)C[C@@H](NC(=O)N1CCCC(C(N)=O)C1)C(=O)O. The molecule has 1 aliphatic rings. The van der Waals surface area contributed by atoms with E-state index in [0.29, 0.717) is 25.8 Å². The molecule has 114 valence electrons. The molecule has 1 aliphatic heterocycles. The van der Waals surface area contributed by atoms with Gasteiger partial charge in [0.05, 0.1) is 5.92 Å². The highest BCUT2D eigenvalue weighted by molar-refractivity contribution is 5.83. The van der Waals surface area contributed by atoms with Gasteiger partial charge in [-0.2, -0.15) is 0 Å². The van der Waals surface area contributed by atoms with Gasteiger partial charge in [0, 0.05) is 13.1 Å². The van der Waals surface area contributed by atoms with Gasteiger partial charge in [0.15, 0.2) is 0 Å². The quantitative estimate of drug-likeness (QED) is 0.678. The van der Waals surface area contributed by atoms with Gasteiger partial charge in [0.2, 0.25) is 5.91 Å². The van der Waals surface area contributed by atoms with Crippen LogP contribution in [0.4, 0.5) is 4.79 Å². The summed E-state index contributed by atoms with van der Waals surface area (Å²) in [5.41, 5.74) is 5.25. The Kier molecular flexibility index (Phi) is 5.79. The van der Waals surface area contributed by atoms with Gasteiger partial charge in [0.25, 0.3) is 0 Å². The Morgan fingerprint density at radius 2 is 2.05 bits per heavy atom. The summed E-state index contributed by atoms with van der Waals surface area (Å²) in [6.07, 6.45) is 1.74. The van der Waals surface area contributed by atoms with Crippen molar-refractivity contribution in [3.05, 3.63) is 0 Å². The molecule has 20 heavy (non-hydrogen) atoms. The van der Waals surface area contributed by atoms with Gasteiger partial charge in [-0.25, -0.2) is 9.59 Å². The zero-order valence-corrected chi connectivity index (χ0v) is 12.0. The molecule has 1 unspecified atom stereocenters. The van der Waals surface area contributed by atoms with Crippen molar-refractivity contribution in [3.63, 3.8) is 0 Å². The van der Waals surface area contributed by atoms with Gasteiger partial charge in [-0.3, -0.25) is 4.79 Å². The van der Waals surface area contributed by atoms with Crippen LogP contribution in [0.15, 0.2) is 0 Å². The van der Waals surface area contributed by atoms with E-state index in [-0.39, 0.29) is 18.4 Å². The van der Waals surface area contributed by atoms with Gasteiger partial charge in [-0.15, -0.1) is 0 Å². The van der Waals surface area contributed by atoms with Crippen molar-refractivity contribution in [2.24, 2.45) is 17.6 Å². The standard InChI is InChI=1S/C13H23N3O4/c1-8(2)6-10(12(18)19)15-13(20)16-5-3-4-9(7-16)11(14)17/h8-10H,3-7H2,1-2H3,(H2,14,17)(H,15,20)(H,18,19)/t9?,10-/m1/s1. The van der Waals surface area contributed by atoms with Crippen molar-refractivity contribution in [2.75, 3.05) is 13.1 Å². The molecule has 3 amide bonds. The fourth-order valence-electron chi connectivity index (χ4n) is 2.33. The Hall–Kier alpha value is -1.79. The minimum Gasteiger partial charge on any atom is -0.480 e. The number of urea groups is 1. The third kappa shape index (κ3) is 4.71. The summed E-state index contributed by atoms with van der Waals surface area (Å²) < 4.78 is 0. The van der Waals surface area contributed by atoms with Gasteiger partial charge in [-0.05, 0) is 25.2 Å². The smallest absolute Gasteiger partial charge is 0.326 e. The van der Waals surface area contributed by atoms with Gasteiger partial charge >= 0.3 is 12.0 Å². The number of amides is 3. The maximum atomic E-state index is 12.1. The molecular formula is C13H23N3O4. The second-order valence-electron chi connectivity index (χ2n) is 5.66. The minimum absolute atomic E-state index is 0.163. The maximum absolute atomic E-state index is 12.1. The Morgan fingerprint density at radius 1 is 1.40 bits per heavy atom. The van der Waals surface area contributed by atoms with E-state index in [1.165, 1.54) is 4.90 Å². The Labute approximate surface area is 118 Å². The number of nitrogens with zero attached hydrogens (tertiary/aromatic N) is 1. The molecule has 1 fully saturated rings. The minimum atomic E-state index is -1.05. The fourth-order valence-corrected chi connectivity index (χ4v) is 2.33. The van der Waals surface area contributed by atoms with E-state index in [1.807, 2.05) is 13.8 Å². The predicted molar refractivity (Wildman–Crippen MR) is 72.9 cm³/mol. The van der Waals surface area contributed by atoms with Gasteiger partial charge < -0.3 is 21.1 Å². The monoisotopic (exact) mass is 285 g/mol. The second-order valence-corrected chi connectivity index (χ2v) is 5.66. The summed E-state index contributed by atoms with van der Waals surface area (Å²) in [6, 6.07) is -1.35. The van der Waals surface area contributed by atoms with Crippen LogP contribution in [0.2, 0.25) is 0 Å². The Morgan fingerprint density at radius 3 is 2.55 bits per heavy atom. The molecule has 0 aromatic heterocycles.